The van der Waals surface area contributed by atoms with Crippen LogP contribution < -0.4 is 0 Å². The Kier molecular flexibility index (Phi) is 2.84. The Morgan fingerprint density at radius 2 is 2.31 bits per heavy atom. The molecule has 1 N–H and O–H groups in total. The predicted molar refractivity (Wildman–Crippen MR) is 62.2 cm³/mol. The number of H-pyrrole nitrogens is 1. The van der Waals surface area contributed by atoms with Crippen LogP contribution in [0.15, 0.2) is 24.4 Å². The fourth-order valence-corrected chi connectivity index (χ4v) is 1.55. The van der Waals surface area contributed by atoms with E-state index in [1.165, 1.54) is 7.11 Å². The van der Waals surface area contributed by atoms with Gasteiger partial charge in [0.25, 0.3) is 0 Å². The minimum Gasteiger partial charge on any atom is -0.459 e. The molecule has 1 heterocycles. The van der Waals surface area contributed by atoms with E-state index >= 15 is 0 Å². The maximum atomic E-state index is 10.9. The van der Waals surface area contributed by atoms with E-state index in [0.717, 1.165) is 10.9 Å². The third-order valence-corrected chi connectivity index (χ3v) is 2.44. The van der Waals surface area contributed by atoms with Crippen LogP contribution in [0.3, 0.4) is 0 Å². The van der Waals surface area contributed by atoms with Crippen LogP contribution in [-0.2, 0) is 9.53 Å². The summed E-state index contributed by atoms with van der Waals surface area (Å²) >= 11 is 6.01. The highest BCUT2D eigenvalue weighted by Gasteiger charge is 2.02. The number of benzene rings is 1. The Bertz CT molecular complexity index is 604. The number of carbonyl (C=O) groups is 1. The monoisotopic (exact) mass is 233 g/mol. The maximum absolute atomic E-state index is 10.9. The summed E-state index contributed by atoms with van der Waals surface area (Å²) in [5.41, 5.74) is 1.55. The van der Waals surface area contributed by atoms with Gasteiger partial charge in [0.15, 0.2) is 0 Å². The van der Waals surface area contributed by atoms with Gasteiger partial charge in [-0.2, -0.15) is 0 Å². The molecule has 16 heavy (non-hydrogen) atoms. The second kappa shape index (κ2) is 4.30. The van der Waals surface area contributed by atoms with Gasteiger partial charge in [0.2, 0.25) is 0 Å². The van der Waals surface area contributed by atoms with Crippen molar-refractivity contribution in [3.05, 3.63) is 35.0 Å². The molecule has 80 valence electrons. The standard InChI is InChI=1S/C12H8ClNO2/c1-16-12(15)3-2-8-6-9-4-5-14-11(9)7-10(8)13/h4-7,14H,1H3. The van der Waals surface area contributed by atoms with Crippen LogP contribution in [0, 0.1) is 11.8 Å². The Balaban J connectivity index is 2.46. The number of rotatable bonds is 0. The van der Waals surface area contributed by atoms with Crippen LogP contribution in [0.1, 0.15) is 5.56 Å². The molecule has 2 aromatic rings. The van der Waals surface area contributed by atoms with Gasteiger partial charge in [-0.1, -0.05) is 17.5 Å². The van der Waals surface area contributed by atoms with Crippen LogP contribution in [0.25, 0.3) is 10.9 Å². The van der Waals surface area contributed by atoms with Crippen molar-refractivity contribution in [2.45, 2.75) is 0 Å². The first-order valence-corrected chi connectivity index (χ1v) is 4.95. The van der Waals surface area contributed by atoms with Gasteiger partial charge in [0, 0.05) is 28.6 Å². The van der Waals surface area contributed by atoms with Crippen molar-refractivity contribution >= 4 is 28.5 Å². The van der Waals surface area contributed by atoms with Crippen molar-refractivity contribution in [3.8, 4) is 11.8 Å². The third-order valence-electron chi connectivity index (χ3n) is 2.13. The molecule has 4 heteroatoms. The molecule has 0 radical (unpaired) electrons. The summed E-state index contributed by atoms with van der Waals surface area (Å²) in [5, 5.41) is 1.50. The number of carbonyl (C=O) groups excluding carboxylic acids is 1. The average molecular weight is 234 g/mol. The quantitative estimate of drug-likeness (QED) is 0.561. The second-order valence-corrected chi connectivity index (χ2v) is 3.55. The summed E-state index contributed by atoms with van der Waals surface area (Å²) < 4.78 is 4.42. The van der Waals surface area contributed by atoms with Crippen molar-refractivity contribution in [2.75, 3.05) is 7.11 Å². The number of esters is 1. The number of hydrogen-bond acceptors (Lipinski definition) is 2. The number of halogens is 1. The van der Waals surface area contributed by atoms with E-state index in [0.29, 0.717) is 10.6 Å². The van der Waals surface area contributed by atoms with Crippen LogP contribution in [-0.4, -0.2) is 18.1 Å². The minimum absolute atomic E-state index is 0.506. The first-order chi connectivity index (χ1) is 7.70. The molecule has 3 nitrogen and oxygen atoms in total. The van der Waals surface area contributed by atoms with Crippen LogP contribution in [0.2, 0.25) is 5.02 Å². The first kappa shape index (κ1) is 10.6. The molecule has 0 saturated carbocycles. The fourth-order valence-electron chi connectivity index (χ4n) is 1.34. The van der Waals surface area contributed by atoms with E-state index in [9.17, 15) is 4.79 Å². The molecular weight excluding hydrogens is 226 g/mol. The molecule has 0 saturated heterocycles. The highest BCUT2D eigenvalue weighted by molar-refractivity contribution is 6.32. The topological polar surface area (TPSA) is 42.1 Å². The van der Waals surface area contributed by atoms with Crippen molar-refractivity contribution in [1.82, 2.24) is 4.98 Å². The molecule has 0 aliphatic carbocycles. The lowest BCUT2D eigenvalue weighted by molar-refractivity contribution is -0.133. The molecule has 0 amide bonds. The van der Waals surface area contributed by atoms with E-state index in [1.54, 1.807) is 6.07 Å². The number of aromatic nitrogens is 1. The lowest BCUT2D eigenvalue weighted by Gasteiger charge is -1.96. The predicted octanol–water partition coefficient (Wildman–Crippen LogP) is 2.35. The average Bonchev–Trinajstić information content (AvgIpc) is 2.72. The van der Waals surface area contributed by atoms with Crippen molar-refractivity contribution in [2.24, 2.45) is 0 Å². The number of hydrogen-bond donors (Lipinski definition) is 1. The number of ether oxygens (including phenoxy) is 1. The maximum Gasteiger partial charge on any atom is 0.384 e. The van der Waals surface area contributed by atoms with Gasteiger partial charge in [-0.05, 0) is 18.2 Å². The normalized spacial score (nSPS) is 9.62. The highest BCUT2D eigenvalue weighted by Crippen LogP contribution is 2.22. The van der Waals surface area contributed by atoms with E-state index in [-0.39, 0.29) is 0 Å². The van der Waals surface area contributed by atoms with Crippen molar-refractivity contribution in [1.29, 1.82) is 0 Å². The molecule has 0 aliphatic rings. The molecule has 0 aliphatic heterocycles. The van der Waals surface area contributed by atoms with Gasteiger partial charge in [-0.3, -0.25) is 0 Å². The molecule has 0 unspecified atom stereocenters. The Morgan fingerprint density at radius 3 is 3.06 bits per heavy atom. The zero-order chi connectivity index (χ0) is 11.5. The van der Waals surface area contributed by atoms with Gasteiger partial charge >= 0.3 is 5.97 Å². The fraction of sp³-hybridized carbons (Fsp3) is 0.0833. The number of nitrogens with one attached hydrogen (secondary N) is 1. The SMILES string of the molecule is COC(=O)C#Cc1cc2cc[nH]c2cc1Cl. The molecular formula is C12H8ClNO2. The summed E-state index contributed by atoms with van der Waals surface area (Å²) in [6.45, 7) is 0. The molecule has 0 bridgehead atoms. The van der Waals surface area contributed by atoms with Gasteiger partial charge < -0.3 is 9.72 Å². The van der Waals surface area contributed by atoms with Crippen LogP contribution in [0.5, 0.6) is 0 Å². The minimum atomic E-state index is -0.578. The van der Waals surface area contributed by atoms with Crippen LogP contribution in [0.4, 0.5) is 0 Å². The Morgan fingerprint density at radius 1 is 1.50 bits per heavy atom. The van der Waals surface area contributed by atoms with Crippen molar-refractivity contribution < 1.29 is 9.53 Å². The number of methoxy groups -OCH3 is 1. The zero-order valence-corrected chi connectivity index (χ0v) is 9.26. The highest BCUT2D eigenvalue weighted by atomic mass is 35.5. The largest absolute Gasteiger partial charge is 0.459 e. The van der Waals surface area contributed by atoms with E-state index in [4.69, 9.17) is 11.6 Å². The van der Waals surface area contributed by atoms with Gasteiger partial charge in [0.1, 0.15) is 0 Å². The Hall–Kier alpha value is -1.92. The van der Waals surface area contributed by atoms with Gasteiger partial charge in [0.05, 0.1) is 12.1 Å². The van der Waals surface area contributed by atoms with Gasteiger partial charge in [-0.25, -0.2) is 4.79 Å². The molecule has 2 rings (SSSR count). The molecule has 0 spiro atoms. The van der Waals surface area contributed by atoms with E-state index < -0.39 is 5.97 Å². The summed E-state index contributed by atoms with van der Waals surface area (Å²) in [6.07, 6.45) is 1.82. The number of aromatic amines is 1. The molecule has 0 fully saturated rings. The van der Waals surface area contributed by atoms with E-state index in [2.05, 4.69) is 21.6 Å². The molecule has 0 atom stereocenters. The lowest BCUT2D eigenvalue weighted by Crippen LogP contribution is -1.94. The summed E-state index contributed by atoms with van der Waals surface area (Å²) in [6, 6.07) is 5.51. The van der Waals surface area contributed by atoms with E-state index in [1.807, 2.05) is 18.3 Å². The first-order valence-electron chi connectivity index (χ1n) is 4.57. The Labute approximate surface area is 97.4 Å². The number of fused-ring (bicyclic) bond motifs is 1. The van der Waals surface area contributed by atoms with Crippen molar-refractivity contribution in [3.63, 3.8) is 0 Å². The summed E-state index contributed by atoms with van der Waals surface area (Å²) in [7, 11) is 1.29. The summed E-state index contributed by atoms with van der Waals surface area (Å²) in [4.78, 5) is 13.9. The summed E-state index contributed by atoms with van der Waals surface area (Å²) in [5.74, 6) is 4.44. The molecule has 1 aromatic heterocycles. The zero-order valence-electron chi connectivity index (χ0n) is 8.50. The van der Waals surface area contributed by atoms with Gasteiger partial charge in [-0.15, -0.1) is 0 Å². The lowest BCUT2D eigenvalue weighted by atomic mass is 10.1. The van der Waals surface area contributed by atoms with Crippen LogP contribution >= 0.6 is 11.6 Å². The molecule has 1 aromatic carbocycles. The smallest absolute Gasteiger partial charge is 0.384 e. The third kappa shape index (κ3) is 2.02. The second-order valence-electron chi connectivity index (χ2n) is 3.14.